The van der Waals surface area contributed by atoms with Gasteiger partial charge in [-0.15, -0.1) is 0 Å². The average molecular weight is 323 g/mol. The molecule has 1 aromatic rings. The van der Waals surface area contributed by atoms with Gasteiger partial charge in [0.2, 0.25) is 7.37 Å². The van der Waals surface area contributed by atoms with Crippen LogP contribution in [0.25, 0.3) is 0 Å². The van der Waals surface area contributed by atoms with Gasteiger partial charge < -0.3 is 9.63 Å². The fourth-order valence-electron chi connectivity index (χ4n) is 2.24. The fourth-order valence-corrected chi connectivity index (χ4v) is 4.20. The molecular weight excluding hydrogens is 301 g/mol. The highest BCUT2D eigenvalue weighted by molar-refractivity contribution is 7.59. The third kappa shape index (κ3) is 6.89. The second-order valence-electron chi connectivity index (χ2n) is 5.13. The summed E-state index contributed by atoms with van der Waals surface area (Å²) in [4.78, 5) is 10.7. The number of unbranched alkanes of at least 4 members (excludes halogenated alkanes) is 2. The van der Waals surface area contributed by atoms with Gasteiger partial charge in [0.1, 0.15) is 6.16 Å². The van der Waals surface area contributed by atoms with E-state index in [4.69, 9.17) is 14.9 Å². The number of carbonyl (C=O) groups is 1. The van der Waals surface area contributed by atoms with E-state index in [0.29, 0.717) is 18.1 Å². The molecule has 0 saturated carbocycles. The molecule has 0 aliphatic heterocycles. The van der Waals surface area contributed by atoms with Gasteiger partial charge in [0.15, 0.2) is 0 Å². The van der Waals surface area contributed by atoms with Crippen LogP contribution in [0.15, 0.2) is 24.3 Å². The minimum Gasteiger partial charge on any atom is -0.481 e. The van der Waals surface area contributed by atoms with Crippen LogP contribution in [0, 0.1) is 11.3 Å². The normalized spacial score (nSPS) is 13.3. The van der Waals surface area contributed by atoms with Gasteiger partial charge in [0.05, 0.1) is 18.2 Å². The van der Waals surface area contributed by atoms with E-state index in [1.165, 1.54) is 0 Å². The van der Waals surface area contributed by atoms with Gasteiger partial charge in [0, 0.05) is 6.16 Å². The molecule has 6 heteroatoms. The minimum atomic E-state index is -3.03. The second-order valence-corrected chi connectivity index (χ2v) is 7.78. The molecule has 0 amide bonds. The molecule has 1 atom stereocenters. The zero-order valence-electron chi connectivity index (χ0n) is 12.8. The van der Waals surface area contributed by atoms with Gasteiger partial charge >= 0.3 is 5.97 Å². The van der Waals surface area contributed by atoms with Crippen LogP contribution in [-0.4, -0.2) is 30.0 Å². The average Bonchev–Trinajstić information content (AvgIpc) is 2.47. The van der Waals surface area contributed by atoms with Gasteiger partial charge in [-0.2, -0.15) is 5.26 Å². The first-order chi connectivity index (χ1) is 10.5. The van der Waals surface area contributed by atoms with Crippen molar-refractivity contribution in [2.45, 2.75) is 32.6 Å². The van der Waals surface area contributed by atoms with E-state index in [2.05, 4.69) is 6.07 Å². The van der Waals surface area contributed by atoms with Crippen LogP contribution >= 0.6 is 7.37 Å². The molecule has 22 heavy (non-hydrogen) atoms. The Kier molecular flexibility index (Phi) is 7.87. The Morgan fingerprint density at radius 1 is 1.27 bits per heavy atom. The Morgan fingerprint density at radius 2 is 1.95 bits per heavy atom. The summed E-state index contributed by atoms with van der Waals surface area (Å²) in [7, 11) is -3.03. The van der Waals surface area contributed by atoms with E-state index in [1.54, 1.807) is 19.1 Å². The van der Waals surface area contributed by atoms with E-state index in [0.717, 1.165) is 24.8 Å². The summed E-state index contributed by atoms with van der Waals surface area (Å²) < 4.78 is 17.5. The summed E-state index contributed by atoms with van der Waals surface area (Å²) in [5.74, 6) is -1.07. The Morgan fingerprint density at radius 3 is 2.50 bits per heavy atom. The maximum Gasteiger partial charge on any atom is 0.313 e. The Labute approximate surface area is 131 Å². The molecular formula is C16H22NO4P. The SMILES string of the molecule is CCOP(=O)(CCCCCc1ccc(C#N)cc1)CC(=O)O. The molecule has 1 N–H and O–H groups in total. The number of aryl methyl sites for hydroxylation is 1. The van der Waals surface area contributed by atoms with Gasteiger partial charge in [-0.25, -0.2) is 0 Å². The summed E-state index contributed by atoms with van der Waals surface area (Å²) in [5, 5.41) is 17.5. The Hall–Kier alpha value is -1.63. The highest BCUT2D eigenvalue weighted by Gasteiger charge is 2.25. The van der Waals surface area contributed by atoms with Gasteiger partial charge in [-0.1, -0.05) is 18.6 Å². The largest absolute Gasteiger partial charge is 0.481 e. The molecule has 120 valence electrons. The molecule has 0 bridgehead atoms. The number of hydrogen-bond acceptors (Lipinski definition) is 4. The van der Waals surface area contributed by atoms with Crippen molar-refractivity contribution in [1.82, 2.24) is 0 Å². The van der Waals surface area contributed by atoms with Gasteiger partial charge in [-0.05, 0) is 43.9 Å². The first kappa shape index (κ1) is 18.4. The van der Waals surface area contributed by atoms with Crippen molar-refractivity contribution < 1.29 is 19.0 Å². The molecule has 0 radical (unpaired) electrons. The zero-order chi connectivity index (χ0) is 16.4. The third-order valence-corrected chi connectivity index (χ3v) is 5.77. The van der Waals surface area contributed by atoms with E-state index >= 15 is 0 Å². The molecule has 1 rings (SSSR count). The van der Waals surface area contributed by atoms with E-state index in [9.17, 15) is 9.36 Å². The molecule has 0 aliphatic rings. The highest BCUT2D eigenvalue weighted by Crippen LogP contribution is 2.47. The summed E-state index contributed by atoms with van der Waals surface area (Å²) in [6.45, 7) is 2.00. The van der Waals surface area contributed by atoms with Crippen LogP contribution in [0.4, 0.5) is 0 Å². The maximum atomic E-state index is 12.3. The lowest BCUT2D eigenvalue weighted by Gasteiger charge is -2.15. The quantitative estimate of drug-likeness (QED) is 0.524. The molecule has 0 spiro atoms. The fraction of sp³-hybridized carbons (Fsp3) is 0.500. The number of carboxylic acid groups (broad SMARTS) is 1. The van der Waals surface area contributed by atoms with Crippen LogP contribution in [0.2, 0.25) is 0 Å². The van der Waals surface area contributed by atoms with Crippen LogP contribution < -0.4 is 0 Å². The topological polar surface area (TPSA) is 87.4 Å². The van der Waals surface area contributed by atoms with Crippen molar-refractivity contribution in [3.8, 4) is 6.07 Å². The number of nitriles is 1. The van der Waals surface area contributed by atoms with E-state index in [1.807, 2.05) is 12.1 Å². The molecule has 5 nitrogen and oxygen atoms in total. The first-order valence-corrected chi connectivity index (χ1v) is 9.42. The molecule has 1 unspecified atom stereocenters. The van der Waals surface area contributed by atoms with Crippen molar-refractivity contribution >= 4 is 13.3 Å². The molecule has 0 fully saturated rings. The smallest absolute Gasteiger partial charge is 0.313 e. The maximum absolute atomic E-state index is 12.3. The summed E-state index contributed by atoms with van der Waals surface area (Å²) in [5.41, 5.74) is 1.81. The van der Waals surface area contributed by atoms with Gasteiger partial charge in [-0.3, -0.25) is 9.36 Å². The lowest BCUT2D eigenvalue weighted by molar-refractivity contribution is -0.134. The standard InChI is InChI=1S/C16H22NO4P/c1-2-21-22(20,13-16(18)19)11-5-3-4-6-14-7-9-15(12-17)10-8-14/h7-10H,2-6,11,13H2,1H3,(H,18,19). The lowest BCUT2D eigenvalue weighted by Crippen LogP contribution is -2.09. The predicted octanol–water partition coefficient (Wildman–Crippen LogP) is 3.67. The molecule has 0 saturated heterocycles. The first-order valence-electron chi connectivity index (χ1n) is 7.42. The van der Waals surface area contributed by atoms with Crippen LogP contribution in [0.5, 0.6) is 0 Å². The number of rotatable bonds is 10. The van der Waals surface area contributed by atoms with Gasteiger partial charge in [0.25, 0.3) is 0 Å². The van der Waals surface area contributed by atoms with E-state index < -0.39 is 19.5 Å². The monoisotopic (exact) mass is 323 g/mol. The molecule has 1 aromatic carbocycles. The summed E-state index contributed by atoms with van der Waals surface area (Å²) in [6, 6.07) is 9.55. The summed E-state index contributed by atoms with van der Waals surface area (Å²) in [6.07, 6.45) is 3.32. The number of nitrogens with zero attached hydrogens (tertiary/aromatic N) is 1. The summed E-state index contributed by atoms with van der Waals surface area (Å²) >= 11 is 0. The van der Waals surface area contributed by atoms with Crippen LogP contribution in [0.1, 0.15) is 37.3 Å². The van der Waals surface area contributed by atoms with Crippen molar-refractivity contribution in [2.75, 3.05) is 18.9 Å². The van der Waals surface area contributed by atoms with Crippen molar-refractivity contribution in [2.24, 2.45) is 0 Å². The van der Waals surface area contributed by atoms with Crippen molar-refractivity contribution in [3.63, 3.8) is 0 Å². The third-order valence-electron chi connectivity index (χ3n) is 3.29. The highest BCUT2D eigenvalue weighted by atomic mass is 31.2. The predicted molar refractivity (Wildman–Crippen MR) is 85.3 cm³/mol. The van der Waals surface area contributed by atoms with Crippen LogP contribution in [-0.2, 0) is 20.3 Å². The Balaban J connectivity index is 2.32. The Bertz CT molecular complexity index is 563. The van der Waals surface area contributed by atoms with Crippen molar-refractivity contribution in [1.29, 1.82) is 5.26 Å². The zero-order valence-corrected chi connectivity index (χ0v) is 13.7. The number of carboxylic acids is 1. The number of benzene rings is 1. The van der Waals surface area contributed by atoms with E-state index in [-0.39, 0.29) is 6.61 Å². The number of hydrogen-bond donors (Lipinski definition) is 1. The second kappa shape index (κ2) is 9.40. The minimum absolute atomic E-state index is 0.274. The molecule has 0 aromatic heterocycles. The van der Waals surface area contributed by atoms with Crippen LogP contribution in [0.3, 0.4) is 0 Å². The lowest BCUT2D eigenvalue weighted by atomic mass is 10.1. The number of aliphatic carboxylic acids is 1. The molecule has 0 heterocycles. The molecule has 0 aliphatic carbocycles. The van der Waals surface area contributed by atoms with Crippen molar-refractivity contribution in [3.05, 3.63) is 35.4 Å².